The molecule has 0 spiro atoms. The first kappa shape index (κ1) is 21.5. The number of amides is 1. The second-order valence-electron chi connectivity index (χ2n) is 7.20. The molecule has 0 saturated heterocycles. The number of rotatable bonds is 7. The van der Waals surface area contributed by atoms with E-state index in [-0.39, 0.29) is 29.6 Å². The summed E-state index contributed by atoms with van der Waals surface area (Å²) in [6, 6.07) is 7.88. The Hall–Kier alpha value is -3.22. The van der Waals surface area contributed by atoms with Crippen LogP contribution in [-0.2, 0) is 4.74 Å². The standard InChI is InChI=1S/C23H27NO6/c1-4-29-23(27)17-10-11-18(25)21(14(17)2)22(26)24-15-9-12-19(28-3)20(13-15)30-16-7-5-6-8-16/h9-13,16,25H,4-8H2,1-3H3,(H,24,26). The fourth-order valence-corrected chi connectivity index (χ4v) is 3.64. The zero-order valence-electron chi connectivity index (χ0n) is 17.5. The number of hydrogen-bond donors (Lipinski definition) is 2. The van der Waals surface area contributed by atoms with Gasteiger partial charge in [-0.1, -0.05) is 0 Å². The Labute approximate surface area is 176 Å². The Morgan fingerprint density at radius 3 is 2.53 bits per heavy atom. The molecule has 1 aliphatic carbocycles. The van der Waals surface area contributed by atoms with E-state index in [0.717, 1.165) is 25.7 Å². The number of esters is 1. The third-order valence-electron chi connectivity index (χ3n) is 5.18. The molecule has 0 atom stereocenters. The van der Waals surface area contributed by atoms with Crippen LogP contribution in [0.4, 0.5) is 5.69 Å². The molecule has 0 radical (unpaired) electrons. The van der Waals surface area contributed by atoms with Crippen LogP contribution in [0.2, 0.25) is 0 Å². The zero-order chi connectivity index (χ0) is 21.7. The molecule has 1 aliphatic rings. The first-order chi connectivity index (χ1) is 14.4. The van der Waals surface area contributed by atoms with E-state index >= 15 is 0 Å². The summed E-state index contributed by atoms with van der Waals surface area (Å²) in [4.78, 5) is 25.0. The van der Waals surface area contributed by atoms with Gasteiger partial charge >= 0.3 is 5.97 Å². The Morgan fingerprint density at radius 2 is 1.87 bits per heavy atom. The van der Waals surface area contributed by atoms with Gasteiger partial charge in [0.15, 0.2) is 11.5 Å². The van der Waals surface area contributed by atoms with Gasteiger partial charge in [0.25, 0.3) is 5.91 Å². The lowest BCUT2D eigenvalue weighted by atomic mass is 10.0. The largest absolute Gasteiger partial charge is 0.507 e. The molecule has 1 amide bonds. The number of carbonyl (C=O) groups excluding carboxylic acids is 2. The molecule has 2 N–H and O–H groups in total. The maximum atomic E-state index is 12.9. The molecule has 0 unspecified atom stereocenters. The molecule has 0 heterocycles. The number of nitrogens with one attached hydrogen (secondary N) is 1. The highest BCUT2D eigenvalue weighted by atomic mass is 16.5. The maximum absolute atomic E-state index is 12.9. The van der Waals surface area contributed by atoms with E-state index in [1.165, 1.54) is 12.1 Å². The van der Waals surface area contributed by atoms with Gasteiger partial charge in [-0.05, 0) is 69.4 Å². The molecule has 7 heteroatoms. The van der Waals surface area contributed by atoms with Crippen molar-refractivity contribution >= 4 is 17.6 Å². The number of carbonyl (C=O) groups is 2. The minimum atomic E-state index is -0.541. The van der Waals surface area contributed by atoms with Gasteiger partial charge in [-0.25, -0.2) is 4.79 Å². The first-order valence-electron chi connectivity index (χ1n) is 10.1. The highest BCUT2D eigenvalue weighted by molar-refractivity contribution is 6.09. The second kappa shape index (κ2) is 9.52. The molecule has 1 saturated carbocycles. The number of benzene rings is 2. The smallest absolute Gasteiger partial charge is 0.338 e. The average molecular weight is 413 g/mol. The summed E-state index contributed by atoms with van der Waals surface area (Å²) in [6.07, 6.45) is 4.40. The fraction of sp³-hybridized carbons (Fsp3) is 0.391. The van der Waals surface area contributed by atoms with Gasteiger partial charge < -0.3 is 24.6 Å². The topological polar surface area (TPSA) is 94.1 Å². The van der Waals surface area contributed by atoms with Crippen molar-refractivity contribution in [1.82, 2.24) is 0 Å². The minimum absolute atomic E-state index is 0.0228. The lowest BCUT2D eigenvalue weighted by Crippen LogP contribution is -2.17. The maximum Gasteiger partial charge on any atom is 0.338 e. The highest BCUT2D eigenvalue weighted by Gasteiger charge is 2.22. The van der Waals surface area contributed by atoms with Crippen molar-refractivity contribution < 1.29 is 28.9 Å². The van der Waals surface area contributed by atoms with Crippen LogP contribution in [0.15, 0.2) is 30.3 Å². The van der Waals surface area contributed by atoms with Crippen LogP contribution in [0.1, 0.15) is 58.9 Å². The van der Waals surface area contributed by atoms with Crippen LogP contribution in [0.5, 0.6) is 17.2 Å². The van der Waals surface area contributed by atoms with Crippen LogP contribution < -0.4 is 14.8 Å². The van der Waals surface area contributed by atoms with Crippen LogP contribution in [0.25, 0.3) is 0 Å². The highest BCUT2D eigenvalue weighted by Crippen LogP contribution is 2.34. The Kier molecular flexibility index (Phi) is 6.82. The molecule has 2 aromatic carbocycles. The third kappa shape index (κ3) is 4.67. The van der Waals surface area contributed by atoms with E-state index in [1.807, 2.05) is 0 Å². The van der Waals surface area contributed by atoms with Gasteiger partial charge in [-0.15, -0.1) is 0 Å². The van der Waals surface area contributed by atoms with Crippen LogP contribution in [0.3, 0.4) is 0 Å². The molecule has 0 aromatic heterocycles. The normalized spacial score (nSPS) is 13.7. The summed E-state index contributed by atoms with van der Waals surface area (Å²) in [5, 5.41) is 13.0. The summed E-state index contributed by atoms with van der Waals surface area (Å²) in [5.74, 6) is -0.144. The number of hydrogen-bond acceptors (Lipinski definition) is 6. The molecular weight excluding hydrogens is 386 g/mol. The van der Waals surface area contributed by atoms with Crippen molar-refractivity contribution in [3.8, 4) is 17.2 Å². The zero-order valence-corrected chi connectivity index (χ0v) is 17.5. The monoisotopic (exact) mass is 413 g/mol. The Morgan fingerprint density at radius 1 is 1.13 bits per heavy atom. The molecule has 7 nitrogen and oxygen atoms in total. The van der Waals surface area contributed by atoms with Crippen molar-refractivity contribution in [2.45, 2.75) is 45.6 Å². The number of methoxy groups -OCH3 is 1. The summed E-state index contributed by atoms with van der Waals surface area (Å²) >= 11 is 0. The average Bonchev–Trinajstić information content (AvgIpc) is 3.21. The van der Waals surface area contributed by atoms with E-state index in [2.05, 4.69) is 5.32 Å². The lowest BCUT2D eigenvalue weighted by molar-refractivity contribution is 0.0525. The van der Waals surface area contributed by atoms with Crippen molar-refractivity contribution in [3.63, 3.8) is 0 Å². The summed E-state index contributed by atoms with van der Waals surface area (Å²) < 4.78 is 16.5. The molecule has 2 aromatic rings. The van der Waals surface area contributed by atoms with Crippen LogP contribution in [0, 0.1) is 6.92 Å². The van der Waals surface area contributed by atoms with Crippen molar-refractivity contribution in [1.29, 1.82) is 0 Å². The van der Waals surface area contributed by atoms with E-state index in [0.29, 0.717) is 22.7 Å². The molecule has 30 heavy (non-hydrogen) atoms. The predicted octanol–water partition coefficient (Wildman–Crippen LogP) is 4.46. The van der Waals surface area contributed by atoms with Gasteiger partial charge in [0.1, 0.15) is 5.75 Å². The summed E-state index contributed by atoms with van der Waals surface area (Å²) in [6.45, 7) is 3.52. The number of phenolic OH excluding ortho intramolecular Hbond substituents is 1. The summed E-state index contributed by atoms with van der Waals surface area (Å²) in [7, 11) is 1.57. The molecule has 3 rings (SSSR count). The van der Waals surface area contributed by atoms with Gasteiger partial charge in [-0.2, -0.15) is 0 Å². The SMILES string of the molecule is CCOC(=O)c1ccc(O)c(C(=O)Nc2ccc(OC)c(OC3CCCC3)c2)c1C. The first-order valence-corrected chi connectivity index (χ1v) is 10.1. The second-order valence-corrected chi connectivity index (χ2v) is 7.20. The number of phenols is 1. The molecule has 0 aliphatic heterocycles. The number of anilines is 1. The van der Waals surface area contributed by atoms with Gasteiger partial charge in [0, 0.05) is 11.8 Å². The van der Waals surface area contributed by atoms with E-state index < -0.39 is 11.9 Å². The fourth-order valence-electron chi connectivity index (χ4n) is 3.64. The number of ether oxygens (including phenoxy) is 3. The molecule has 0 bridgehead atoms. The predicted molar refractivity (Wildman–Crippen MR) is 113 cm³/mol. The van der Waals surface area contributed by atoms with Crippen LogP contribution in [-0.4, -0.2) is 36.8 Å². The molecular formula is C23H27NO6. The molecule has 1 fully saturated rings. The van der Waals surface area contributed by atoms with Gasteiger partial charge in [0.05, 0.1) is 30.9 Å². The van der Waals surface area contributed by atoms with Gasteiger partial charge in [0.2, 0.25) is 0 Å². The van der Waals surface area contributed by atoms with E-state index in [1.54, 1.807) is 39.2 Å². The van der Waals surface area contributed by atoms with Gasteiger partial charge in [-0.3, -0.25) is 4.79 Å². The van der Waals surface area contributed by atoms with Crippen molar-refractivity contribution in [3.05, 3.63) is 47.0 Å². The van der Waals surface area contributed by atoms with E-state index in [9.17, 15) is 14.7 Å². The van der Waals surface area contributed by atoms with E-state index in [4.69, 9.17) is 14.2 Å². The minimum Gasteiger partial charge on any atom is -0.507 e. The third-order valence-corrected chi connectivity index (χ3v) is 5.18. The lowest BCUT2D eigenvalue weighted by Gasteiger charge is -2.17. The van der Waals surface area contributed by atoms with Crippen molar-refractivity contribution in [2.24, 2.45) is 0 Å². The van der Waals surface area contributed by atoms with Crippen LogP contribution >= 0.6 is 0 Å². The Balaban J connectivity index is 1.85. The Bertz CT molecular complexity index is 934. The van der Waals surface area contributed by atoms with Crippen molar-refractivity contribution in [2.75, 3.05) is 19.0 Å². The molecule has 160 valence electrons. The quantitative estimate of drug-likeness (QED) is 0.651. The summed E-state index contributed by atoms with van der Waals surface area (Å²) in [5.41, 5.74) is 1.10. The number of aromatic hydroxyl groups is 1.